The van der Waals surface area contributed by atoms with Gasteiger partial charge in [-0.1, -0.05) is 6.58 Å². The van der Waals surface area contributed by atoms with Crippen LogP contribution in [0, 0.1) is 6.92 Å². The molecule has 0 atom stereocenters. The first-order valence-electron chi connectivity index (χ1n) is 4.00. The van der Waals surface area contributed by atoms with Crippen molar-refractivity contribution >= 4 is 5.97 Å². The van der Waals surface area contributed by atoms with Crippen molar-refractivity contribution in [3.05, 3.63) is 30.4 Å². The van der Waals surface area contributed by atoms with Gasteiger partial charge in [0.1, 0.15) is 5.82 Å². The lowest BCUT2D eigenvalue weighted by Crippen LogP contribution is -2.05. The Morgan fingerprint density at radius 1 is 1.77 bits per heavy atom. The molecule has 0 spiro atoms. The fraction of sp³-hybridized carbons (Fsp3) is 0.333. The summed E-state index contributed by atoms with van der Waals surface area (Å²) in [5.41, 5.74) is 0.230. The molecule has 0 aromatic carbocycles. The second-order valence-corrected chi connectivity index (χ2v) is 2.83. The second-order valence-electron chi connectivity index (χ2n) is 2.83. The van der Waals surface area contributed by atoms with E-state index in [-0.39, 0.29) is 5.57 Å². The zero-order chi connectivity index (χ0) is 9.84. The second kappa shape index (κ2) is 3.89. The van der Waals surface area contributed by atoms with Crippen LogP contribution in [0.25, 0.3) is 0 Å². The van der Waals surface area contributed by atoms with Gasteiger partial charge in [0.2, 0.25) is 0 Å². The number of hydrogen-bond donors (Lipinski definition) is 1. The molecule has 0 fully saturated rings. The SMILES string of the molecule is C=C(CCn1ccnc1C)C(=O)O. The van der Waals surface area contributed by atoms with E-state index in [0.717, 1.165) is 5.82 Å². The van der Waals surface area contributed by atoms with Gasteiger partial charge in [0.25, 0.3) is 0 Å². The number of carboxylic acids is 1. The Morgan fingerprint density at radius 2 is 2.46 bits per heavy atom. The number of hydrogen-bond acceptors (Lipinski definition) is 2. The van der Waals surface area contributed by atoms with Crippen molar-refractivity contribution in [2.75, 3.05) is 0 Å². The highest BCUT2D eigenvalue weighted by Crippen LogP contribution is 2.03. The molecule has 0 unspecified atom stereocenters. The lowest BCUT2D eigenvalue weighted by Gasteiger charge is -2.03. The van der Waals surface area contributed by atoms with E-state index in [2.05, 4.69) is 11.6 Å². The van der Waals surface area contributed by atoms with Gasteiger partial charge in [-0.05, 0) is 13.3 Å². The van der Waals surface area contributed by atoms with Crippen LogP contribution in [-0.2, 0) is 11.3 Å². The fourth-order valence-corrected chi connectivity index (χ4v) is 1.00. The Kier molecular flexibility index (Phi) is 2.84. The minimum Gasteiger partial charge on any atom is -0.478 e. The van der Waals surface area contributed by atoms with Gasteiger partial charge < -0.3 is 9.67 Å². The van der Waals surface area contributed by atoms with Gasteiger partial charge in [-0.25, -0.2) is 9.78 Å². The molecule has 0 amide bonds. The summed E-state index contributed by atoms with van der Waals surface area (Å²) >= 11 is 0. The maximum Gasteiger partial charge on any atom is 0.331 e. The molecule has 70 valence electrons. The van der Waals surface area contributed by atoms with Crippen LogP contribution in [0.1, 0.15) is 12.2 Å². The Morgan fingerprint density at radius 3 is 2.92 bits per heavy atom. The van der Waals surface area contributed by atoms with Gasteiger partial charge in [0.15, 0.2) is 0 Å². The van der Waals surface area contributed by atoms with Gasteiger partial charge >= 0.3 is 5.97 Å². The highest BCUT2D eigenvalue weighted by molar-refractivity contribution is 5.85. The first kappa shape index (κ1) is 9.51. The van der Waals surface area contributed by atoms with Crippen molar-refractivity contribution in [2.45, 2.75) is 19.9 Å². The van der Waals surface area contributed by atoms with Crippen LogP contribution < -0.4 is 0 Å². The third kappa shape index (κ3) is 2.43. The molecule has 1 rings (SSSR count). The van der Waals surface area contributed by atoms with Gasteiger partial charge in [-0.3, -0.25) is 0 Å². The number of nitrogens with zero attached hydrogens (tertiary/aromatic N) is 2. The lowest BCUT2D eigenvalue weighted by molar-refractivity contribution is -0.132. The van der Waals surface area contributed by atoms with Crippen LogP contribution in [0.2, 0.25) is 0 Å². The summed E-state index contributed by atoms with van der Waals surface area (Å²) in [5, 5.41) is 8.56. The van der Waals surface area contributed by atoms with Crippen LogP contribution in [0.3, 0.4) is 0 Å². The van der Waals surface area contributed by atoms with Crippen LogP contribution >= 0.6 is 0 Å². The molecule has 0 bridgehead atoms. The van der Waals surface area contributed by atoms with Gasteiger partial charge in [0, 0.05) is 24.5 Å². The van der Waals surface area contributed by atoms with E-state index in [4.69, 9.17) is 5.11 Å². The number of aliphatic carboxylic acids is 1. The Labute approximate surface area is 76.5 Å². The van der Waals surface area contributed by atoms with E-state index in [1.165, 1.54) is 0 Å². The average molecular weight is 180 g/mol. The highest BCUT2D eigenvalue weighted by Gasteiger charge is 2.04. The maximum absolute atomic E-state index is 10.4. The number of carbonyl (C=O) groups is 1. The third-order valence-corrected chi connectivity index (χ3v) is 1.88. The monoisotopic (exact) mass is 180 g/mol. The van der Waals surface area contributed by atoms with E-state index in [1.54, 1.807) is 6.20 Å². The molecule has 0 aliphatic rings. The minimum absolute atomic E-state index is 0.230. The number of aryl methyl sites for hydroxylation is 2. The molecule has 1 N–H and O–H groups in total. The van der Waals surface area contributed by atoms with Crippen molar-refractivity contribution in [1.29, 1.82) is 0 Å². The maximum atomic E-state index is 10.4. The summed E-state index contributed by atoms with van der Waals surface area (Å²) in [7, 11) is 0. The van der Waals surface area contributed by atoms with E-state index in [1.807, 2.05) is 17.7 Å². The molecule has 0 saturated carbocycles. The highest BCUT2D eigenvalue weighted by atomic mass is 16.4. The number of carboxylic acid groups (broad SMARTS) is 1. The molecule has 4 heteroatoms. The summed E-state index contributed by atoms with van der Waals surface area (Å²) in [6.07, 6.45) is 3.97. The van der Waals surface area contributed by atoms with Gasteiger partial charge in [-0.2, -0.15) is 0 Å². The Hall–Kier alpha value is -1.58. The summed E-state index contributed by atoms with van der Waals surface area (Å²) in [6.45, 7) is 5.95. The number of rotatable bonds is 4. The molecular weight excluding hydrogens is 168 g/mol. The molecule has 0 radical (unpaired) electrons. The standard InChI is InChI=1S/C9H12N2O2/c1-7(9(12)13)3-5-11-6-4-10-8(11)2/h4,6H,1,3,5H2,2H3,(H,12,13). The molecule has 0 aliphatic carbocycles. The molecular formula is C9H12N2O2. The molecule has 0 aliphatic heterocycles. The van der Waals surface area contributed by atoms with Crippen LogP contribution in [0.15, 0.2) is 24.5 Å². The minimum atomic E-state index is -0.933. The van der Waals surface area contributed by atoms with Gasteiger partial charge in [-0.15, -0.1) is 0 Å². The zero-order valence-electron chi connectivity index (χ0n) is 7.53. The van der Waals surface area contributed by atoms with E-state index in [0.29, 0.717) is 13.0 Å². The third-order valence-electron chi connectivity index (χ3n) is 1.88. The van der Waals surface area contributed by atoms with Crippen molar-refractivity contribution < 1.29 is 9.90 Å². The first-order valence-corrected chi connectivity index (χ1v) is 4.00. The summed E-state index contributed by atoms with van der Waals surface area (Å²) in [5.74, 6) is -0.0454. The molecule has 1 aromatic rings. The van der Waals surface area contributed by atoms with Crippen LogP contribution in [0.4, 0.5) is 0 Å². The fourth-order valence-electron chi connectivity index (χ4n) is 1.00. The summed E-state index contributed by atoms with van der Waals surface area (Å²) in [6, 6.07) is 0. The quantitative estimate of drug-likeness (QED) is 0.709. The summed E-state index contributed by atoms with van der Waals surface area (Å²) in [4.78, 5) is 14.4. The smallest absolute Gasteiger partial charge is 0.331 e. The molecule has 1 aromatic heterocycles. The first-order chi connectivity index (χ1) is 6.11. The van der Waals surface area contributed by atoms with Crippen molar-refractivity contribution in [3.63, 3.8) is 0 Å². The normalized spacial score (nSPS) is 9.92. The van der Waals surface area contributed by atoms with Crippen LogP contribution in [0.5, 0.6) is 0 Å². The average Bonchev–Trinajstić information content (AvgIpc) is 2.47. The molecule has 13 heavy (non-hydrogen) atoms. The summed E-state index contributed by atoms with van der Waals surface area (Å²) < 4.78 is 1.90. The zero-order valence-corrected chi connectivity index (χ0v) is 7.53. The van der Waals surface area contributed by atoms with E-state index < -0.39 is 5.97 Å². The largest absolute Gasteiger partial charge is 0.478 e. The van der Waals surface area contributed by atoms with Gasteiger partial charge in [0.05, 0.1) is 0 Å². The number of aromatic nitrogens is 2. The molecule has 4 nitrogen and oxygen atoms in total. The number of imidazole rings is 1. The Balaban J connectivity index is 2.48. The van der Waals surface area contributed by atoms with Crippen molar-refractivity contribution in [1.82, 2.24) is 9.55 Å². The van der Waals surface area contributed by atoms with Crippen molar-refractivity contribution in [2.24, 2.45) is 0 Å². The Bertz CT molecular complexity index is 328. The van der Waals surface area contributed by atoms with E-state index >= 15 is 0 Å². The van der Waals surface area contributed by atoms with E-state index in [9.17, 15) is 4.79 Å². The van der Waals surface area contributed by atoms with Crippen LogP contribution in [-0.4, -0.2) is 20.6 Å². The lowest BCUT2D eigenvalue weighted by atomic mass is 10.2. The predicted octanol–water partition coefficient (Wildman–Crippen LogP) is 1.22. The van der Waals surface area contributed by atoms with Crippen molar-refractivity contribution in [3.8, 4) is 0 Å². The molecule has 0 saturated heterocycles. The predicted molar refractivity (Wildman–Crippen MR) is 48.4 cm³/mol. The molecule has 1 heterocycles. The topological polar surface area (TPSA) is 55.1 Å².